The van der Waals surface area contributed by atoms with Crippen LogP contribution in [0.1, 0.15) is 37.6 Å². The molecule has 0 aliphatic heterocycles. The first-order valence-electron chi connectivity index (χ1n) is 13.2. The summed E-state index contributed by atoms with van der Waals surface area (Å²) in [4.78, 5) is 16.3. The second-order valence-corrected chi connectivity index (χ2v) is 14.0. The molecule has 5 aromatic rings. The Morgan fingerprint density at radius 2 is 1.27 bits per heavy atom. The zero-order valence-electron chi connectivity index (χ0n) is 22.7. The number of benzene rings is 5. The van der Waals surface area contributed by atoms with E-state index in [0.717, 1.165) is 20.1 Å². The topological polar surface area (TPSA) is 60.4 Å². The average Bonchev–Trinajstić information content (AvgIpc) is 2.98. The molecule has 5 rings (SSSR count). The van der Waals surface area contributed by atoms with Gasteiger partial charge in [0.25, 0.3) is 0 Å². The van der Waals surface area contributed by atoms with Gasteiger partial charge in [0.05, 0.1) is 26.2 Å². The van der Waals surface area contributed by atoms with Crippen molar-refractivity contribution in [3.8, 4) is 0 Å². The second kappa shape index (κ2) is 11.3. The van der Waals surface area contributed by atoms with E-state index in [1.807, 2.05) is 49.4 Å². The number of sulfone groups is 1. The van der Waals surface area contributed by atoms with Crippen LogP contribution in [0.3, 0.4) is 0 Å². The molecule has 40 heavy (non-hydrogen) atoms. The molecule has 0 bridgehead atoms. The van der Waals surface area contributed by atoms with Crippen LogP contribution >= 0.6 is 0 Å². The van der Waals surface area contributed by atoms with Gasteiger partial charge in [-0.15, -0.1) is 0 Å². The fourth-order valence-electron chi connectivity index (χ4n) is 4.39. The van der Waals surface area contributed by atoms with E-state index < -0.39 is 32.3 Å². The molecule has 0 aliphatic rings. The van der Waals surface area contributed by atoms with Gasteiger partial charge in [-0.2, -0.15) is 0 Å². The molecule has 1 atom stereocenters. The summed E-state index contributed by atoms with van der Waals surface area (Å²) in [7, 11) is -4.42. The molecule has 0 fully saturated rings. The zero-order chi connectivity index (χ0) is 28.3. The predicted octanol–water partition coefficient (Wildman–Crippen LogP) is 8.11. The number of carbonyl (C=O) groups excluding carboxylic acids is 1. The first-order chi connectivity index (χ1) is 19.2. The molecule has 0 saturated carbocycles. The summed E-state index contributed by atoms with van der Waals surface area (Å²) in [6, 6.07) is 38.2. The Bertz CT molecular complexity index is 1760. The van der Waals surface area contributed by atoms with Gasteiger partial charge in [0, 0.05) is 6.07 Å². The van der Waals surface area contributed by atoms with Crippen molar-refractivity contribution in [2.24, 2.45) is 0 Å². The Morgan fingerprint density at radius 1 is 0.700 bits per heavy atom. The smallest absolute Gasteiger partial charge is 0.340 e. The molecule has 0 N–H and O–H groups in total. The minimum absolute atomic E-state index is 0.0355. The van der Waals surface area contributed by atoms with Gasteiger partial charge in [-0.25, -0.2) is 13.2 Å². The molecule has 4 nitrogen and oxygen atoms in total. The highest BCUT2D eigenvalue weighted by atomic mass is 32.2. The fourth-order valence-corrected chi connectivity index (χ4v) is 7.94. The van der Waals surface area contributed by atoms with Crippen molar-refractivity contribution in [3.05, 3.63) is 127 Å². The van der Waals surface area contributed by atoms with E-state index in [9.17, 15) is 13.2 Å². The van der Waals surface area contributed by atoms with Crippen LogP contribution in [0.5, 0.6) is 0 Å². The van der Waals surface area contributed by atoms with Gasteiger partial charge in [-0.05, 0) is 91.7 Å². The maximum Gasteiger partial charge on any atom is 0.340 e. The molecule has 0 saturated heterocycles. The standard InChI is InChI=1S/C34H31O4S2/c1-4-34(2,3)38-33(35)31-16-10-11-17-32(31)40(36,37)30-22-20-28(21-23-30)39(27-14-6-5-7-15-27)29-19-18-25-12-8-9-13-26(25)24-29/h5-24H,4H2,1-3H3/q+1. The van der Waals surface area contributed by atoms with Crippen molar-refractivity contribution < 1.29 is 17.9 Å². The Labute approximate surface area is 238 Å². The Hall–Kier alpha value is -3.87. The molecule has 0 aliphatic carbocycles. The lowest BCUT2D eigenvalue weighted by Crippen LogP contribution is -2.27. The highest BCUT2D eigenvalue weighted by Gasteiger charge is 2.31. The summed E-state index contributed by atoms with van der Waals surface area (Å²) in [5.41, 5.74) is -0.667. The maximum atomic E-state index is 13.8. The van der Waals surface area contributed by atoms with Crippen LogP contribution in [0, 0.1) is 0 Å². The lowest BCUT2D eigenvalue weighted by atomic mass is 10.1. The highest BCUT2D eigenvalue weighted by Crippen LogP contribution is 2.34. The van der Waals surface area contributed by atoms with Gasteiger partial charge in [0.1, 0.15) is 5.60 Å². The number of hydrogen-bond donors (Lipinski definition) is 0. The highest BCUT2D eigenvalue weighted by molar-refractivity contribution is 7.97. The summed E-state index contributed by atoms with van der Waals surface area (Å²) >= 11 is 0. The summed E-state index contributed by atoms with van der Waals surface area (Å²) in [5.74, 6) is -0.649. The van der Waals surface area contributed by atoms with Crippen molar-refractivity contribution in [1.29, 1.82) is 0 Å². The molecule has 1 unspecified atom stereocenters. The van der Waals surface area contributed by atoms with Crippen molar-refractivity contribution in [2.45, 2.75) is 57.3 Å². The Balaban J connectivity index is 1.53. The second-order valence-electron chi connectivity index (χ2n) is 10.1. The van der Waals surface area contributed by atoms with E-state index in [4.69, 9.17) is 4.74 Å². The van der Waals surface area contributed by atoms with Crippen molar-refractivity contribution in [1.82, 2.24) is 0 Å². The zero-order valence-corrected chi connectivity index (χ0v) is 24.3. The molecule has 202 valence electrons. The summed E-state index contributed by atoms with van der Waals surface area (Å²) in [6.45, 7) is 5.53. The quantitative estimate of drug-likeness (QED) is 0.140. The third-order valence-electron chi connectivity index (χ3n) is 6.92. The minimum Gasteiger partial charge on any atom is -0.456 e. The molecule has 0 amide bonds. The fraction of sp³-hybridized carbons (Fsp3) is 0.147. The van der Waals surface area contributed by atoms with Crippen LogP contribution in [0.4, 0.5) is 0 Å². The number of ether oxygens (including phenoxy) is 1. The molecule has 0 aromatic heterocycles. The average molecular weight is 568 g/mol. The van der Waals surface area contributed by atoms with Crippen LogP contribution in [-0.2, 0) is 25.5 Å². The Kier molecular flexibility index (Phi) is 7.83. The summed E-state index contributed by atoms with van der Waals surface area (Å²) in [5, 5.41) is 2.33. The normalized spacial score (nSPS) is 12.7. The number of rotatable bonds is 8. The van der Waals surface area contributed by atoms with Crippen LogP contribution in [0.15, 0.2) is 146 Å². The Morgan fingerprint density at radius 3 is 1.98 bits per heavy atom. The van der Waals surface area contributed by atoms with Crippen LogP contribution < -0.4 is 0 Å². The van der Waals surface area contributed by atoms with Crippen molar-refractivity contribution in [3.63, 3.8) is 0 Å². The summed E-state index contributed by atoms with van der Waals surface area (Å²) < 4.78 is 33.1. The first kappa shape index (κ1) is 27.7. The predicted molar refractivity (Wildman–Crippen MR) is 161 cm³/mol. The van der Waals surface area contributed by atoms with Crippen LogP contribution in [-0.4, -0.2) is 20.0 Å². The van der Waals surface area contributed by atoms with E-state index in [2.05, 4.69) is 42.5 Å². The lowest BCUT2D eigenvalue weighted by molar-refractivity contribution is -0.00285. The molecule has 0 radical (unpaired) electrons. The molecular formula is C34H31O4S2+. The van der Waals surface area contributed by atoms with E-state index >= 15 is 0 Å². The van der Waals surface area contributed by atoms with Crippen molar-refractivity contribution in [2.75, 3.05) is 0 Å². The lowest BCUT2D eigenvalue weighted by Gasteiger charge is -2.23. The number of fused-ring (bicyclic) bond motifs is 1. The van der Waals surface area contributed by atoms with Gasteiger partial charge in [0.2, 0.25) is 9.84 Å². The molecule has 0 heterocycles. The summed E-state index contributed by atoms with van der Waals surface area (Å²) in [6.07, 6.45) is 0.607. The van der Waals surface area contributed by atoms with Crippen LogP contribution in [0.2, 0.25) is 0 Å². The van der Waals surface area contributed by atoms with Gasteiger partial charge in [-0.3, -0.25) is 0 Å². The molecule has 5 aromatic carbocycles. The SMILES string of the molecule is CCC(C)(C)OC(=O)c1ccccc1S(=O)(=O)c1ccc([S+](c2ccccc2)c2ccc3ccccc3c2)cc1. The number of carbonyl (C=O) groups is 1. The number of esters is 1. The van der Waals surface area contributed by atoms with Gasteiger partial charge in [0.15, 0.2) is 14.7 Å². The first-order valence-corrected chi connectivity index (χ1v) is 15.9. The van der Waals surface area contributed by atoms with E-state index in [1.54, 1.807) is 38.1 Å². The van der Waals surface area contributed by atoms with E-state index in [0.29, 0.717) is 6.42 Å². The largest absolute Gasteiger partial charge is 0.456 e. The molecule has 6 heteroatoms. The number of hydrogen-bond acceptors (Lipinski definition) is 4. The van der Waals surface area contributed by atoms with Gasteiger partial charge < -0.3 is 4.74 Å². The van der Waals surface area contributed by atoms with Gasteiger partial charge in [-0.1, -0.05) is 61.5 Å². The third kappa shape index (κ3) is 5.69. The third-order valence-corrected chi connectivity index (χ3v) is 11.0. The van der Waals surface area contributed by atoms with E-state index in [-0.39, 0.29) is 15.4 Å². The van der Waals surface area contributed by atoms with E-state index in [1.165, 1.54) is 17.5 Å². The van der Waals surface area contributed by atoms with Gasteiger partial charge >= 0.3 is 5.97 Å². The van der Waals surface area contributed by atoms with Crippen molar-refractivity contribution >= 4 is 37.5 Å². The molecule has 0 spiro atoms. The molecular weight excluding hydrogens is 537 g/mol. The monoisotopic (exact) mass is 567 g/mol. The maximum absolute atomic E-state index is 13.8. The van der Waals surface area contributed by atoms with Crippen LogP contribution in [0.25, 0.3) is 10.8 Å². The minimum atomic E-state index is -3.98.